The Labute approximate surface area is 122 Å². The zero-order valence-electron chi connectivity index (χ0n) is 12.6. The van der Waals surface area contributed by atoms with E-state index in [-0.39, 0.29) is 6.61 Å². The second kappa shape index (κ2) is 9.26. The van der Waals surface area contributed by atoms with Crippen molar-refractivity contribution in [1.29, 1.82) is 0 Å². The van der Waals surface area contributed by atoms with E-state index in [4.69, 9.17) is 9.84 Å². The standard InChI is InChI=1S/C12H24O9/c1-5-18-21-20-10(11(17)19-12(2,3)4)9(16)8(15)7(14)6-13/h7-10,13-16H,5-6H2,1-4H3. The summed E-state index contributed by atoms with van der Waals surface area (Å²) in [5.41, 5.74) is -0.870. The largest absolute Gasteiger partial charge is 0.458 e. The minimum absolute atomic E-state index is 0.110. The highest BCUT2D eigenvalue weighted by Crippen LogP contribution is 2.15. The van der Waals surface area contributed by atoms with E-state index in [1.165, 1.54) is 0 Å². The number of hydrogen-bond acceptors (Lipinski definition) is 9. The molecule has 0 amide bonds. The molecular formula is C12H24O9. The highest BCUT2D eigenvalue weighted by Gasteiger charge is 2.40. The lowest BCUT2D eigenvalue weighted by molar-refractivity contribution is -0.526. The normalized spacial score (nSPS) is 17.9. The summed E-state index contributed by atoms with van der Waals surface area (Å²) in [6, 6.07) is 0. The number of esters is 1. The van der Waals surface area contributed by atoms with Crippen molar-refractivity contribution >= 4 is 5.97 Å². The number of hydrogen-bond donors (Lipinski definition) is 4. The first-order valence-corrected chi connectivity index (χ1v) is 6.46. The fraction of sp³-hybridized carbons (Fsp3) is 0.917. The minimum atomic E-state index is -1.90. The topological polar surface area (TPSA) is 135 Å². The van der Waals surface area contributed by atoms with E-state index < -0.39 is 42.6 Å². The molecule has 0 rings (SSSR count). The Morgan fingerprint density at radius 1 is 1.14 bits per heavy atom. The summed E-state index contributed by atoms with van der Waals surface area (Å²) in [7, 11) is 0. The van der Waals surface area contributed by atoms with E-state index in [2.05, 4.69) is 14.8 Å². The Kier molecular flexibility index (Phi) is 8.90. The first-order chi connectivity index (χ1) is 9.64. The molecule has 0 saturated heterocycles. The van der Waals surface area contributed by atoms with Gasteiger partial charge >= 0.3 is 5.97 Å². The number of rotatable bonds is 9. The molecule has 4 unspecified atom stereocenters. The fourth-order valence-corrected chi connectivity index (χ4v) is 1.23. The molecule has 0 aliphatic rings. The molecule has 0 aliphatic carbocycles. The van der Waals surface area contributed by atoms with Crippen molar-refractivity contribution in [2.45, 2.75) is 57.7 Å². The molecule has 0 fully saturated rings. The molecule has 0 bridgehead atoms. The SMILES string of the molecule is CCOOOC(C(=O)OC(C)(C)C)C(O)C(O)C(O)CO. The van der Waals surface area contributed by atoms with E-state index in [1.807, 2.05) is 0 Å². The summed E-state index contributed by atoms with van der Waals surface area (Å²) in [4.78, 5) is 20.9. The number of aliphatic hydroxyl groups excluding tert-OH is 4. The molecule has 0 aromatic rings. The maximum Gasteiger partial charge on any atom is 0.342 e. The van der Waals surface area contributed by atoms with Gasteiger partial charge in [-0.05, 0) is 27.7 Å². The second-order valence-corrected chi connectivity index (χ2v) is 5.26. The van der Waals surface area contributed by atoms with E-state index in [0.717, 1.165) is 0 Å². The van der Waals surface area contributed by atoms with Crippen molar-refractivity contribution in [2.24, 2.45) is 0 Å². The Balaban J connectivity index is 4.90. The van der Waals surface area contributed by atoms with Gasteiger partial charge in [-0.1, -0.05) is 5.04 Å². The Hall–Kier alpha value is -0.810. The minimum Gasteiger partial charge on any atom is -0.458 e. The first kappa shape index (κ1) is 20.2. The smallest absolute Gasteiger partial charge is 0.342 e. The van der Waals surface area contributed by atoms with Gasteiger partial charge in [-0.25, -0.2) is 9.68 Å². The predicted molar refractivity (Wildman–Crippen MR) is 68.5 cm³/mol. The van der Waals surface area contributed by atoms with Crippen molar-refractivity contribution in [3.63, 3.8) is 0 Å². The molecule has 0 aromatic heterocycles. The lowest BCUT2D eigenvalue weighted by Crippen LogP contribution is -2.51. The lowest BCUT2D eigenvalue weighted by atomic mass is 10.0. The van der Waals surface area contributed by atoms with E-state index in [1.54, 1.807) is 27.7 Å². The van der Waals surface area contributed by atoms with Crippen molar-refractivity contribution in [3.8, 4) is 0 Å². The Morgan fingerprint density at radius 2 is 1.71 bits per heavy atom. The van der Waals surface area contributed by atoms with Crippen LogP contribution < -0.4 is 0 Å². The molecule has 21 heavy (non-hydrogen) atoms. The zero-order valence-corrected chi connectivity index (χ0v) is 12.6. The summed E-state index contributed by atoms with van der Waals surface area (Å²) in [5.74, 6) is -1.03. The van der Waals surface area contributed by atoms with Crippen LogP contribution in [0.4, 0.5) is 0 Å². The zero-order chi connectivity index (χ0) is 16.6. The average molecular weight is 312 g/mol. The molecule has 0 saturated carbocycles. The average Bonchev–Trinajstić information content (AvgIpc) is 2.39. The van der Waals surface area contributed by atoms with Crippen LogP contribution in [0.1, 0.15) is 27.7 Å². The molecule has 9 nitrogen and oxygen atoms in total. The molecule has 4 N–H and O–H groups in total. The quantitative estimate of drug-likeness (QED) is 0.177. The van der Waals surface area contributed by atoms with Crippen LogP contribution in [0, 0.1) is 0 Å². The van der Waals surface area contributed by atoms with Crippen LogP contribution in [0.3, 0.4) is 0 Å². The van der Waals surface area contributed by atoms with Gasteiger partial charge in [0.1, 0.15) is 23.9 Å². The monoisotopic (exact) mass is 312 g/mol. The van der Waals surface area contributed by atoms with Crippen LogP contribution in [-0.2, 0) is 24.3 Å². The fourth-order valence-electron chi connectivity index (χ4n) is 1.23. The summed E-state index contributed by atoms with van der Waals surface area (Å²) in [5, 5.41) is 41.8. The molecule has 0 aromatic carbocycles. The highest BCUT2D eigenvalue weighted by molar-refractivity contribution is 5.75. The van der Waals surface area contributed by atoms with Gasteiger partial charge in [-0.15, -0.1) is 0 Å². The van der Waals surface area contributed by atoms with Gasteiger partial charge in [0, 0.05) is 0 Å². The maximum absolute atomic E-state index is 11.9. The molecule has 0 spiro atoms. The van der Waals surface area contributed by atoms with E-state index in [9.17, 15) is 20.1 Å². The molecule has 0 heterocycles. The van der Waals surface area contributed by atoms with Gasteiger partial charge in [0.2, 0.25) is 6.10 Å². The van der Waals surface area contributed by atoms with Crippen molar-refractivity contribution in [3.05, 3.63) is 0 Å². The number of carbonyl (C=O) groups is 1. The highest BCUT2D eigenvalue weighted by atomic mass is 17.5. The van der Waals surface area contributed by atoms with Crippen LogP contribution in [0.5, 0.6) is 0 Å². The number of aliphatic hydroxyl groups is 4. The van der Waals surface area contributed by atoms with Gasteiger partial charge in [-0.2, -0.15) is 4.89 Å². The number of carbonyl (C=O) groups excluding carboxylic acids is 1. The van der Waals surface area contributed by atoms with Crippen LogP contribution in [0.15, 0.2) is 0 Å². The number of ether oxygens (including phenoxy) is 1. The third-order valence-corrected chi connectivity index (χ3v) is 2.19. The van der Waals surface area contributed by atoms with Gasteiger partial charge in [0.05, 0.1) is 13.2 Å². The molecule has 9 heteroatoms. The van der Waals surface area contributed by atoms with E-state index in [0.29, 0.717) is 0 Å². The predicted octanol–water partition coefficient (Wildman–Crippen LogP) is -1.33. The Morgan fingerprint density at radius 3 is 2.14 bits per heavy atom. The van der Waals surface area contributed by atoms with Crippen molar-refractivity contribution in [1.82, 2.24) is 0 Å². The third kappa shape index (κ3) is 7.67. The van der Waals surface area contributed by atoms with Crippen molar-refractivity contribution in [2.75, 3.05) is 13.2 Å². The maximum atomic E-state index is 11.9. The molecule has 0 aliphatic heterocycles. The molecule has 4 atom stereocenters. The van der Waals surface area contributed by atoms with Crippen LogP contribution >= 0.6 is 0 Å². The first-order valence-electron chi connectivity index (χ1n) is 6.46. The summed E-state index contributed by atoms with van der Waals surface area (Å²) in [6.07, 6.45) is -7.19. The lowest BCUT2D eigenvalue weighted by Gasteiger charge is -2.28. The van der Waals surface area contributed by atoms with Crippen molar-refractivity contribution < 1.29 is 44.8 Å². The van der Waals surface area contributed by atoms with Crippen LogP contribution in [0.25, 0.3) is 0 Å². The summed E-state index contributed by atoms with van der Waals surface area (Å²) in [6.45, 7) is 5.67. The van der Waals surface area contributed by atoms with Crippen LogP contribution in [0.2, 0.25) is 0 Å². The van der Waals surface area contributed by atoms with Crippen LogP contribution in [-0.4, -0.2) is 69.6 Å². The van der Waals surface area contributed by atoms with Gasteiger partial charge in [0.15, 0.2) is 0 Å². The van der Waals surface area contributed by atoms with Gasteiger partial charge < -0.3 is 25.2 Å². The van der Waals surface area contributed by atoms with Gasteiger partial charge in [0.25, 0.3) is 0 Å². The van der Waals surface area contributed by atoms with E-state index >= 15 is 0 Å². The second-order valence-electron chi connectivity index (χ2n) is 5.26. The molecular weight excluding hydrogens is 288 g/mol. The summed E-state index contributed by atoms with van der Waals surface area (Å²) < 4.78 is 5.00. The Bertz CT molecular complexity index is 302. The van der Waals surface area contributed by atoms with Gasteiger partial charge in [-0.3, -0.25) is 0 Å². The summed E-state index contributed by atoms with van der Waals surface area (Å²) >= 11 is 0. The molecule has 126 valence electrons. The third-order valence-electron chi connectivity index (χ3n) is 2.19. The molecule has 0 radical (unpaired) electrons.